The van der Waals surface area contributed by atoms with Gasteiger partial charge in [0.05, 0.1) is 0 Å². The van der Waals surface area contributed by atoms with Crippen molar-refractivity contribution in [3.05, 3.63) is 30.5 Å². The number of anilines is 1. The number of rotatable bonds is 3. The molecule has 0 aliphatic heterocycles. The van der Waals surface area contributed by atoms with Gasteiger partial charge < -0.3 is 15.2 Å². The van der Waals surface area contributed by atoms with E-state index in [9.17, 15) is 4.79 Å². The third-order valence-corrected chi connectivity index (χ3v) is 2.86. The molecule has 0 spiro atoms. The second-order valence-corrected chi connectivity index (χ2v) is 3.88. The topological polar surface area (TPSA) is 48.1 Å². The van der Waals surface area contributed by atoms with Crippen molar-refractivity contribution in [3.63, 3.8) is 0 Å². The number of hydrogen-bond acceptors (Lipinski definition) is 1. The summed E-state index contributed by atoms with van der Waals surface area (Å²) in [6.07, 6.45) is 1.89. The summed E-state index contributed by atoms with van der Waals surface area (Å²) in [4.78, 5) is 16.7. The molecule has 90 valence electrons. The lowest BCUT2D eigenvalue weighted by Crippen LogP contribution is -2.34. The van der Waals surface area contributed by atoms with Crippen molar-refractivity contribution in [2.24, 2.45) is 0 Å². The maximum Gasteiger partial charge on any atom is 0.321 e. The SMILES string of the molecule is CCN(CC)C(=O)Nc1ccc2cc[nH]c2c1. The number of benzene rings is 1. The molecule has 0 aliphatic rings. The minimum absolute atomic E-state index is 0.0547. The van der Waals surface area contributed by atoms with Crippen molar-refractivity contribution in [3.8, 4) is 0 Å². The number of nitrogens with zero attached hydrogens (tertiary/aromatic N) is 1. The Morgan fingerprint density at radius 2 is 2.06 bits per heavy atom. The Kier molecular flexibility index (Phi) is 3.32. The molecule has 0 atom stereocenters. The van der Waals surface area contributed by atoms with E-state index in [1.165, 1.54) is 0 Å². The highest BCUT2D eigenvalue weighted by Gasteiger charge is 2.09. The lowest BCUT2D eigenvalue weighted by molar-refractivity contribution is 0.217. The molecule has 1 aromatic heterocycles. The molecule has 4 nitrogen and oxygen atoms in total. The zero-order valence-electron chi connectivity index (χ0n) is 10.2. The van der Waals surface area contributed by atoms with E-state index in [4.69, 9.17) is 0 Å². The Morgan fingerprint density at radius 3 is 2.76 bits per heavy atom. The third-order valence-electron chi connectivity index (χ3n) is 2.86. The zero-order chi connectivity index (χ0) is 12.3. The molecule has 4 heteroatoms. The Bertz CT molecular complexity index is 514. The Hall–Kier alpha value is -1.97. The van der Waals surface area contributed by atoms with Crippen molar-refractivity contribution in [2.75, 3.05) is 18.4 Å². The average molecular weight is 231 g/mol. The van der Waals surface area contributed by atoms with Crippen molar-refractivity contribution in [2.45, 2.75) is 13.8 Å². The number of hydrogen-bond donors (Lipinski definition) is 2. The molecule has 2 aromatic rings. The third kappa shape index (κ3) is 2.41. The fourth-order valence-electron chi connectivity index (χ4n) is 1.84. The predicted octanol–water partition coefficient (Wildman–Crippen LogP) is 3.04. The van der Waals surface area contributed by atoms with Gasteiger partial charge >= 0.3 is 6.03 Å². The van der Waals surface area contributed by atoms with Gasteiger partial charge in [-0.1, -0.05) is 6.07 Å². The minimum Gasteiger partial charge on any atom is -0.361 e. The maximum absolute atomic E-state index is 11.9. The van der Waals surface area contributed by atoms with Crippen LogP contribution in [0.1, 0.15) is 13.8 Å². The highest BCUT2D eigenvalue weighted by atomic mass is 16.2. The van der Waals surface area contributed by atoms with Crippen LogP contribution in [0.3, 0.4) is 0 Å². The largest absolute Gasteiger partial charge is 0.361 e. The first-order valence-corrected chi connectivity index (χ1v) is 5.87. The molecule has 17 heavy (non-hydrogen) atoms. The molecular formula is C13H17N3O. The summed E-state index contributed by atoms with van der Waals surface area (Å²) in [6, 6.07) is 7.80. The van der Waals surface area contributed by atoms with Crippen LogP contribution in [0.4, 0.5) is 10.5 Å². The Labute approximate surface area is 101 Å². The molecule has 0 saturated carbocycles. The van der Waals surface area contributed by atoms with Crippen molar-refractivity contribution in [1.29, 1.82) is 0 Å². The smallest absolute Gasteiger partial charge is 0.321 e. The molecule has 0 saturated heterocycles. The molecule has 0 fully saturated rings. The quantitative estimate of drug-likeness (QED) is 0.838. The molecule has 1 aromatic carbocycles. The van der Waals surface area contributed by atoms with Crippen LogP contribution in [0.5, 0.6) is 0 Å². The van der Waals surface area contributed by atoms with Crippen molar-refractivity contribution in [1.82, 2.24) is 9.88 Å². The monoisotopic (exact) mass is 231 g/mol. The minimum atomic E-state index is -0.0547. The number of H-pyrrole nitrogens is 1. The molecule has 0 aliphatic carbocycles. The van der Waals surface area contributed by atoms with Gasteiger partial charge in [0.1, 0.15) is 0 Å². The number of aromatic nitrogens is 1. The summed E-state index contributed by atoms with van der Waals surface area (Å²) in [5.41, 5.74) is 1.85. The van der Waals surface area contributed by atoms with Gasteiger partial charge in [0.25, 0.3) is 0 Å². The predicted molar refractivity (Wildman–Crippen MR) is 70.2 cm³/mol. The van der Waals surface area contributed by atoms with Crippen molar-refractivity contribution >= 4 is 22.6 Å². The number of fused-ring (bicyclic) bond motifs is 1. The van der Waals surface area contributed by atoms with E-state index in [1.54, 1.807) is 4.90 Å². The molecule has 2 rings (SSSR count). The molecule has 2 amide bonds. The second kappa shape index (κ2) is 4.91. The second-order valence-electron chi connectivity index (χ2n) is 3.88. The van der Waals surface area contributed by atoms with E-state index < -0.39 is 0 Å². The fraction of sp³-hybridized carbons (Fsp3) is 0.308. The van der Waals surface area contributed by atoms with Gasteiger partial charge in [0.15, 0.2) is 0 Å². The lowest BCUT2D eigenvalue weighted by atomic mass is 10.2. The first-order valence-electron chi connectivity index (χ1n) is 5.87. The van der Waals surface area contributed by atoms with Gasteiger partial charge in [0, 0.05) is 30.5 Å². The van der Waals surface area contributed by atoms with Crippen LogP contribution in [0, 0.1) is 0 Å². The molecule has 0 bridgehead atoms. The highest BCUT2D eigenvalue weighted by molar-refractivity contribution is 5.92. The molecular weight excluding hydrogens is 214 g/mol. The van der Waals surface area contributed by atoms with Crippen LogP contribution in [0.2, 0.25) is 0 Å². The summed E-state index contributed by atoms with van der Waals surface area (Å²) >= 11 is 0. The van der Waals surface area contributed by atoms with Gasteiger partial charge in [-0.05, 0) is 37.4 Å². The zero-order valence-corrected chi connectivity index (χ0v) is 10.2. The number of carbonyl (C=O) groups is 1. The first kappa shape index (κ1) is 11.5. The fourth-order valence-corrected chi connectivity index (χ4v) is 1.84. The summed E-state index contributed by atoms with van der Waals surface area (Å²) in [6.45, 7) is 5.37. The molecule has 0 radical (unpaired) electrons. The van der Waals surface area contributed by atoms with E-state index in [0.29, 0.717) is 13.1 Å². The van der Waals surface area contributed by atoms with Crippen LogP contribution in [0.25, 0.3) is 10.9 Å². The summed E-state index contributed by atoms with van der Waals surface area (Å²) in [5, 5.41) is 4.04. The lowest BCUT2D eigenvalue weighted by Gasteiger charge is -2.19. The van der Waals surface area contributed by atoms with E-state index in [-0.39, 0.29) is 6.03 Å². The molecule has 0 unspecified atom stereocenters. The standard InChI is InChI=1S/C13H17N3O/c1-3-16(4-2)13(17)15-11-6-5-10-7-8-14-12(10)9-11/h5-9,14H,3-4H2,1-2H3,(H,15,17). The molecule has 2 N–H and O–H groups in total. The number of carbonyl (C=O) groups excluding carboxylic acids is 1. The summed E-state index contributed by atoms with van der Waals surface area (Å²) in [7, 11) is 0. The first-order chi connectivity index (χ1) is 8.24. The van der Waals surface area contributed by atoms with Gasteiger partial charge in [-0.3, -0.25) is 0 Å². The number of nitrogens with one attached hydrogen (secondary N) is 2. The van der Waals surface area contributed by atoms with Crippen LogP contribution in [-0.2, 0) is 0 Å². The van der Waals surface area contributed by atoms with Gasteiger partial charge in [-0.25, -0.2) is 4.79 Å². The Balaban J connectivity index is 2.14. The van der Waals surface area contributed by atoms with Gasteiger partial charge in [-0.2, -0.15) is 0 Å². The van der Waals surface area contributed by atoms with E-state index in [0.717, 1.165) is 16.6 Å². The van der Waals surface area contributed by atoms with Crippen LogP contribution in [-0.4, -0.2) is 29.0 Å². The van der Waals surface area contributed by atoms with Gasteiger partial charge in [-0.15, -0.1) is 0 Å². The summed E-state index contributed by atoms with van der Waals surface area (Å²) < 4.78 is 0. The number of urea groups is 1. The highest BCUT2D eigenvalue weighted by Crippen LogP contribution is 2.17. The normalized spacial score (nSPS) is 10.5. The van der Waals surface area contributed by atoms with E-state index >= 15 is 0 Å². The van der Waals surface area contributed by atoms with Crippen molar-refractivity contribution < 1.29 is 4.79 Å². The van der Waals surface area contributed by atoms with E-state index in [2.05, 4.69) is 10.3 Å². The average Bonchev–Trinajstić information content (AvgIpc) is 2.77. The van der Waals surface area contributed by atoms with Crippen LogP contribution in [0.15, 0.2) is 30.5 Å². The Morgan fingerprint density at radius 1 is 1.29 bits per heavy atom. The number of aromatic amines is 1. The van der Waals surface area contributed by atoms with Gasteiger partial charge in [0.2, 0.25) is 0 Å². The maximum atomic E-state index is 11.9. The van der Waals surface area contributed by atoms with Crippen LogP contribution >= 0.6 is 0 Å². The number of amides is 2. The molecule has 1 heterocycles. The van der Waals surface area contributed by atoms with E-state index in [1.807, 2.05) is 44.3 Å². The summed E-state index contributed by atoms with van der Waals surface area (Å²) in [5.74, 6) is 0. The van der Waals surface area contributed by atoms with Crippen LogP contribution < -0.4 is 5.32 Å².